The maximum atomic E-state index is 15.2. The summed E-state index contributed by atoms with van der Waals surface area (Å²) in [6.45, 7) is 9.04. The lowest BCUT2D eigenvalue weighted by Crippen LogP contribution is -2.34. The second-order valence-electron chi connectivity index (χ2n) is 9.71. The van der Waals surface area contributed by atoms with Crippen LogP contribution in [0.25, 0.3) is 11.1 Å². The predicted molar refractivity (Wildman–Crippen MR) is 132 cm³/mol. The number of aromatic nitrogens is 2. The number of nitriles is 1. The highest BCUT2D eigenvalue weighted by Gasteiger charge is 2.27. The van der Waals surface area contributed by atoms with Gasteiger partial charge in [0.15, 0.2) is 0 Å². The minimum Gasteiger partial charge on any atom is -0.493 e. The molecule has 1 aliphatic heterocycles. The van der Waals surface area contributed by atoms with Crippen molar-refractivity contribution in [3.8, 4) is 22.9 Å². The molecule has 0 radical (unpaired) electrons. The zero-order valence-electron chi connectivity index (χ0n) is 20.8. The van der Waals surface area contributed by atoms with E-state index >= 15 is 8.78 Å². The Balaban J connectivity index is 1.75. The van der Waals surface area contributed by atoms with Crippen LogP contribution in [0.15, 0.2) is 12.1 Å². The van der Waals surface area contributed by atoms with Gasteiger partial charge in [-0.15, -0.1) is 0 Å². The minimum atomic E-state index is -0.890. The maximum Gasteiger partial charge on any atom is 0.407 e. The number of ether oxygens (including phenoxy) is 2. The van der Waals surface area contributed by atoms with Crippen molar-refractivity contribution in [1.29, 1.82) is 5.26 Å². The Morgan fingerprint density at radius 2 is 1.86 bits per heavy atom. The molecule has 0 bridgehead atoms. The van der Waals surface area contributed by atoms with Crippen molar-refractivity contribution < 1.29 is 23.0 Å². The number of hydrogen-bond donors (Lipinski definition) is 1. The molecule has 1 amide bonds. The molecule has 1 aliphatic rings. The van der Waals surface area contributed by atoms with E-state index in [1.54, 1.807) is 20.8 Å². The summed E-state index contributed by atoms with van der Waals surface area (Å²) < 4.78 is 41.0. The van der Waals surface area contributed by atoms with Gasteiger partial charge in [-0.05, 0) is 46.0 Å². The van der Waals surface area contributed by atoms with Gasteiger partial charge in [-0.2, -0.15) is 5.26 Å². The predicted octanol–water partition coefficient (Wildman–Crippen LogP) is 5.48. The van der Waals surface area contributed by atoms with Crippen LogP contribution in [0.2, 0.25) is 5.15 Å². The van der Waals surface area contributed by atoms with Gasteiger partial charge in [-0.3, -0.25) is 0 Å². The number of benzene rings is 1. The Bertz CT molecular complexity index is 1120. The van der Waals surface area contributed by atoms with Gasteiger partial charge in [0, 0.05) is 31.8 Å². The second kappa shape index (κ2) is 11.7. The standard InChI is InChI=1S/C25H30ClF2N5O3/c1-15-6-9-33(10-7-15)23-21(22(26)31-19(14-29)32-23)20-17(27)12-16(13-18(20)28)35-11-5-8-30-24(34)36-25(2,3)4/h12-13,15H,5-11H2,1-4H3,(H,30,34). The Morgan fingerprint density at radius 3 is 2.44 bits per heavy atom. The highest BCUT2D eigenvalue weighted by molar-refractivity contribution is 6.32. The number of piperidine rings is 1. The number of hydrogen-bond acceptors (Lipinski definition) is 7. The Morgan fingerprint density at radius 1 is 1.22 bits per heavy atom. The highest BCUT2D eigenvalue weighted by Crippen LogP contribution is 2.40. The Kier molecular flexibility index (Phi) is 8.90. The van der Waals surface area contributed by atoms with Crippen LogP contribution in [0.4, 0.5) is 19.4 Å². The monoisotopic (exact) mass is 521 g/mol. The first kappa shape index (κ1) is 27.4. The van der Waals surface area contributed by atoms with E-state index < -0.39 is 23.3 Å². The van der Waals surface area contributed by atoms with Crippen LogP contribution in [0, 0.1) is 28.9 Å². The molecular formula is C25H30ClF2N5O3. The number of carbonyl (C=O) groups excluding carboxylic acids is 1. The smallest absolute Gasteiger partial charge is 0.407 e. The van der Waals surface area contributed by atoms with Crippen molar-refractivity contribution in [2.75, 3.05) is 31.1 Å². The molecule has 0 atom stereocenters. The molecule has 2 aromatic rings. The number of halogens is 3. The summed E-state index contributed by atoms with van der Waals surface area (Å²) in [6, 6.07) is 3.98. The Hall–Kier alpha value is -3.19. The van der Waals surface area contributed by atoms with Gasteiger partial charge in [-0.1, -0.05) is 18.5 Å². The van der Waals surface area contributed by atoms with E-state index in [4.69, 9.17) is 21.1 Å². The third-order valence-corrected chi connectivity index (χ3v) is 5.83. The van der Waals surface area contributed by atoms with E-state index in [0.29, 0.717) is 25.4 Å². The molecule has 0 unspecified atom stereocenters. The fraction of sp³-hybridized carbons (Fsp3) is 0.520. The van der Waals surface area contributed by atoms with Crippen molar-refractivity contribution in [2.24, 2.45) is 5.92 Å². The number of alkyl carbamates (subject to hydrolysis) is 1. The van der Waals surface area contributed by atoms with Crippen LogP contribution in [0.5, 0.6) is 5.75 Å². The summed E-state index contributed by atoms with van der Waals surface area (Å²) in [5.74, 6) is -1.21. The normalized spacial score (nSPS) is 14.3. The molecule has 1 aromatic heterocycles. The van der Waals surface area contributed by atoms with Crippen molar-refractivity contribution in [3.63, 3.8) is 0 Å². The highest BCUT2D eigenvalue weighted by atomic mass is 35.5. The zero-order valence-corrected chi connectivity index (χ0v) is 21.6. The van der Waals surface area contributed by atoms with E-state index in [-0.39, 0.29) is 46.8 Å². The van der Waals surface area contributed by atoms with Crippen molar-refractivity contribution in [1.82, 2.24) is 15.3 Å². The van der Waals surface area contributed by atoms with E-state index in [1.807, 2.05) is 11.0 Å². The third kappa shape index (κ3) is 7.17. The van der Waals surface area contributed by atoms with Crippen molar-refractivity contribution in [3.05, 3.63) is 34.7 Å². The topological polar surface area (TPSA) is 100 Å². The fourth-order valence-electron chi connectivity index (χ4n) is 3.78. The van der Waals surface area contributed by atoms with Crippen LogP contribution < -0.4 is 15.0 Å². The third-order valence-electron chi connectivity index (χ3n) is 5.55. The lowest BCUT2D eigenvalue weighted by Gasteiger charge is -2.32. The molecular weight excluding hydrogens is 492 g/mol. The van der Waals surface area contributed by atoms with Gasteiger partial charge in [-0.25, -0.2) is 23.5 Å². The SMILES string of the molecule is CC1CCN(c2nc(C#N)nc(Cl)c2-c2c(F)cc(OCCCNC(=O)OC(C)(C)C)cc2F)CC1. The first-order valence-electron chi connectivity index (χ1n) is 11.8. The molecule has 194 valence electrons. The molecule has 1 N–H and O–H groups in total. The van der Waals surface area contributed by atoms with E-state index in [2.05, 4.69) is 22.2 Å². The summed E-state index contributed by atoms with van der Waals surface area (Å²) in [5.41, 5.74) is -0.975. The lowest BCUT2D eigenvalue weighted by molar-refractivity contribution is 0.0525. The van der Waals surface area contributed by atoms with Gasteiger partial charge in [0.05, 0.1) is 17.7 Å². The molecule has 36 heavy (non-hydrogen) atoms. The first-order valence-corrected chi connectivity index (χ1v) is 12.2. The zero-order chi connectivity index (χ0) is 26.5. The molecule has 0 aliphatic carbocycles. The number of amides is 1. The summed E-state index contributed by atoms with van der Waals surface area (Å²) in [6.07, 6.45) is 1.61. The number of nitrogens with zero attached hydrogens (tertiary/aromatic N) is 4. The molecule has 3 rings (SSSR count). The largest absolute Gasteiger partial charge is 0.493 e. The van der Waals surface area contributed by atoms with Crippen molar-refractivity contribution >= 4 is 23.5 Å². The van der Waals surface area contributed by atoms with Gasteiger partial charge in [0.1, 0.15) is 40.0 Å². The molecule has 1 aromatic carbocycles. The van der Waals surface area contributed by atoms with E-state index in [9.17, 15) is 10.1 Å². The van der Waals surface area contributed by atoms with Crippen LogP contribution >= 0.6 is 11.6 Å². The molecule has 0 saturated carbocycles. The lowest BCUT2D eigenvalue weighted by atomic mass is 9.98. The molecule has 0 spiro atoms. The van der Waals surface area contributed by atoms with Crippen LogP contribution in [0.1, 0.15) is 52.8 Å². The molecule has 1 fully saturated rings. The number of rotatable bonds is 7. The summed E-state index contributed by atoms with van der Waals surface area (Å²) in [4.78, 5) is 21.7. The van der Waals surface area contributed by atoms with Crippen LogP contribution in [0.3, 0.4) is 0 Å². The fourth-order valence-corrected chi connectivity index (χ4v) is 4.03. The minimum absolute atomic E-state index is 0.00771. The maximum absolute atomic E-state index is 15.2. The van der Waals surface area contributed by atoms with Crippen LogP contribution in [-0.4, -0.2) is 47.9 Å². The molecule has 1 saturated heterocycles. The van der Waals surface area contributed by atoms with Crippen molar-refractivity contribution in [2.45, 2.75) is 52.6 Å². The average Bonchev–Trinajstić information content (AvgIpc) is 2.78. The first-order chi connectivity index (χ1) is 17.0. The quantitative estimate of drug-likeness (QED) is 0.380. The summed E-state index contributed by atoms with van der Waals surface area (Å²) in [7, 11) is 0. The molecule has 8 nitrogen and oxygen atoms in total. The second-order valence-corrected chi connectivity index (χ2v) is 10.1. The van der Waals surface area contributed by atoms with Gasteiger partial charge in [0.2, 0.25) is 5.82 Å². The van der Waals surface area contributed by atoms with Crippen LogP contribution in [-0.2, 0) is 4.74 Å². The van der Waals surface area contributed by atoms with E-state index in [0.717, 1.165) is 25.0 Å². The Labute approximate surface area is 214 Å². The number of carbonyl (C=O) groups is 1. The van der Waals surface area contributed by atoms with Gasteiger partial charge >= 0.3 is 6.09 Å². The number of nitrogens with one attached hydrogen (secondary N) is 1. The number of anilines is 1. The summed E-state index contributed by atoms with van der Waals surface area (Å²) >= 11 is 6.33. The average molecular weight is 522 g/mol. The van der Waals surface area contributed by atoms with Gasteiger partial charge < -0.3 is 19.7 Å². The molecule has 11 heteroatoms. The van der Waals surface area contributed by atoms with E-state index in [1.165, 1.54) is 0 Å². The summed E-state index contributed by atoms with van der Waals surface area (Å²) in [5, 5.41) is 11.7. The van der Waals surface area contributed by atoms with Gasteiger partial charge in [0.25, 0.3) is 0 Å². The molecule has 2 heterocycles.